The number of hydrogen-bond donors (Lipinski definition) is 2. The maximum Gasteiger partial charge on any atom is 0.287 e. The maximum atomic E-state index is 12.9. The van der Waals surface area contributed by atoms with Crippen molar-refractivity contribution in [3.8, 4) is 11.3 Å². The predicted octanol–water partition coefficient (Wildman–Crippen LogP) is 3.36. The molecule has 0 spiro atoms. The molecule has 6 heteroatoms. The van der Waals surface area contributed by atoms with Crippen LogP contribution in [0.1, 0.15) is 29.8 Å². The van der Waals surface area contributed by atoms with Crippen molar-refractivity contribution < 1.29 is 13.6 Å². The van der Waals surface area contributed by atoms with Gasteiger partial charge in [-0.05, 0) is 61.7 Å². The molecular weight excluding hydrogens is 319 g/mol. The van der Waals surface area contributed by atoms with Gasteiger partial charge in [0.1, 0.15) is 11.6 Å². The molecule has 0 bridgehead atoms. The van der Waals surface area contributed by atoms with E-state index in [1.165, 1.54) is 12.1 Å². The van der Waals surface area contributed by atoms with Crippen molar-refractivity contribution in [1.29, 1.82) is 0 Å². The molecular formula is C17H20ClFN2O2. The molecule has 3 rings (SSSR count). The third-order valence-corrected chi connectivity index (χ3v) is 4.24. The highest BCUT2D eigenvalue weighted by Crippen LogP contribution is 2.26. The van der Waals surface area contributed by atoms with Crippen LogP contribution >= 0.6 is 12.4 Å². The van der Waals surface area contributed by atoms with E-state index in [4.69, 9.17) is 10.2 Å². The monoisotopic (exact) mass is 338 g/mol. The normalized spacial score (nSPS) is 20.1. The Morgan fingerprint density at radius 1 is 1.22 bits per heavy atom. The second-order valence-corrected chi connectivity index (χ2v) is 5.68. The number of carbonyl (C=O) groups is 1. The maximum absolute atomic E-state index is 12.9. The van der Waals surface area contributed by atoms with Gasteiger partial charge < -0.3 is 15.5 Å². The Morgan fingerprint density at radius 2 is 1.96 bits per heavy atom. The van der Waals surface area contributed by atoms with E-state index >= 15 is 0 Å². The Bertz CT molecular complexity index is 657. The summed E-state index contributed by atoms with van der Waals surface area (Å²) >= 11 is 0. The van der Waals surface area contributed by atoms with E-state index in [1.54, 1.807) is 24.3 Å². The molecule has 2 atom stereocenters. The van der Waals surface area contributed by atoms with Gasteiger partial charge in [0.25, 0.3) is 5.91 Å². The highest BCUT2D eigenvalue weighted by molar-refractivity contribution is 5.92. The third kappa shape index (κ3) is 3.92. The summed E-state index contributed by atoms with van der Waals surface area (Å²) in [5.74, 6) is 0.630. The fourth-order valence-corrected chi connectivity index (χ4v) is 2.98. The van der Waals surface area contributed by atoms with E-state index in [1.807, 2.05) is 0 Å². The van der Waals surface area contributed by atoms with E-state index in [2.05, 4.69) is 5.32 Å². The van der Waals surface area contributed by atoms with Gasteiger partial charge in [0.05, 0.1) is 0 Å². The van der Waals surface area contributed by atoms with Crippen molar-refractivity contribution in [2.75, 3.05) is 6.54 Å². The summed E-state index contributed by atoms with van der Waals surface area (Å²) in [5, 5.41) is 3.00. The highest BCUT2D eigenvalue weighted by atomic mass is 35.5. The van der Waals surface area contributed by atoms with Crippen LogP contribution in [0.3, 0.4) is 0 Å². The highest BCUT2D eigenvalue weighted by Gasteiger charge is 2.28. The van der Waals surface area contributed by atoms with E-state index in [9.17, 15) is 9.18 Å². The number of halogens is 2. The van der Waals surface area contributed by atoms with Crippen LogP contribution in [-0.2, 0) is 0 Å². The van der Waals surface area contributed by atoms with Crippen molar-refractivity contribution in [2.24, 2.45) is 11.7 Å². The molecule has 2 unspecified atom stereocenters. The number of nitrogens with one attached hydrogen (secondary N) is 1. The molecule has 1 saturated carbocycles. The molecule has 0 radical (unpaired) electrons. The first kappa shape index (κ1) is 17.5. The average molecular weight is 339 g/mol. The van der Waals surface area contributed by atoms with E-state index in [0.717, 1.165) is 24.8 Å². The van der Waals surface area contributed by atoms with Crippen LogP contribution in [0, 0.1) is 11.7 Å². The number of furan rings is 1. The van der Waals surface area contributed by atoms with Crippen LogP contribution in [-0.4, -0.2) is 18.5 Å². The van der Waals surface area contributed by atoms with Crippen LogP contribution in [0.4, 0.5) is 4.39 Å². The Morgan fingerprint density at radius 3 is 2.65 bits per heavy atom. The van der Waals surface area contributed by atoms with E-state index < -0.39 is 0 Å². The van der Waals surface area contributed by atoms with Crippen molar-refractivity contribution >= 4 is 18.3 Å². The number of amides is 1. The fraction of sp³-hybridized carbons (Fsp3) is 0.353. The van der Waals surface area contributed by atoms with Crippen molar-refractivity contribution in [3.05, 3.63) is 48.0 Å². The second-order valence-electron chi connectivity index (χ2n) is 5.68. The Hall–Kier alpha value is -1.85. The summed E-state index contributed by atoms with van der Waals surface area (Å²) < 4.78 is 18.5. The Kier molecular flexibility index (Phi) is 5.80. The van der Waals surface area contributed by atoms with Crippen molar-refractivity contribution in [3.63, 3.8) is 0 Å². The van der Waals surface area contributed by atoms with Gasteiger partial charge in [0, 0.05) is 11.6 Å². The first-order valence-electron chi connectivity index (χ1n) is 7.54. The summed E-state index contributed by atoms with van der Waals surface area (Å²) in [5.41, 5.74) is 6.46. The molecule has 23 heavy (non-hydrogen) atoms. The molecule has 0 saturated heterocycles. The fourth-order valence-electron chi connectivity index (χ4n) is 2.98. The van der Waals surface area contributed by atoms with Gasteiger partial charge in [-0.15, -0.1) is 12.4 Å². The molecule has 4 nitrogen and oxygen atoms in total. The number of nitrogens with two attached hydrogens (primary N) is 1. The zero-order valence-corrected chi connectivity index (χ0v) is 13.4. The zero-order chi connectivity index (χ0) is 15.5. The Balaban J connectivity index is 0.00000192. The standard InChI is InChI=1S/C17H19FN2O2.ClH/c18-13-6-4-11(5-7-13)15-8-9-16(22-15)17(21)20-14-3-1-2-12(14)10-19;/h4-9,12,14H,1-3,10,19H2,(H,20,21);1H. The van der Waals surface area contributed by atoms with E-state index in [0.29, 0.717) is 18.2 Å². The van der Waals surface area contributed by atoms with Gasteiger partial charge in [-0.3, -0.25) is 4.79 Å². The summed E-state index contributed by atoms with van der Waals surface area (Å²) in [7, 11) is 0. The molecule has 1 aromatic heterocycles. The third-order valence-electron chi connectivity index (χ3n) is 4.24. The largest absolute Gasteiger partial charge is 0.451 e. The number of benzene rings is 1. The summed E-state index contributed by atoms with van der Waals surface area (Å²) in [6, 6.07) is 9.45. The molecule has 1 aliphatic rings. The lowest BCUT2D eigenvalue weighted by molar-refractivity contribution is 0.0901. The van der Waals surface area contributed by atoms with Crippen molar-refractivity contribution in [2.45, 2.75) is 25.3 Å². The van der Waals surface area contributed by atoms with Gasteiger partial charge in [-0.25, -0.2) is 4.39 Å². The lowest BCUT2D eigenvalue weighted by Gasteiger charge is -2.18. The molecule has 1 fully saturated rings. The first-order valence-corrected chi connectivity index (χ1v) is 7.54. The smallest absolute Gasteiger partial charge is 0.287 e. The molecule has 0 aliphatic heterocycles. The van der Waals surface area contributed by atoms with Gasteiger partial charge in [-0.2, -0.15) is 0 Å². The minimum absolute atomic E-state index is 0. The summed E-state index contributed by atoms with van der Waals surface area (Å²) in [6.07, 6.45) is 3.10. The predicted molar refractivity (Wildman–Crippen MR) is 89.0 cm³/mol. The van der Waals surface area contributed by atoms with Crippen LogP contribution in [0.5, 0.6) is 0 Å². The van der Waals surface area contributed by atoms with Crippen molar-refractivity contribution in [1.82, 2.24) is 5.32 Å². The number of carbonyl (C=O) groups excluding carboxylic acids is 1. The molecule has 1 amide bonds. The lowest BCUT2D eigenvalue weighted by Crippen LogP contribution is -2.39. The van der Waals surface area contributed by atoms with Crippen LogP contribution in [0.2, 0.25) is 0 Å². The first-order chi connectivity index (χ1) is 10.7. The zero-order valence-electron chi connectivity index (χ0n) is 12.6. The topological polar surface area (TPSA) is 68.3 Å². The Labute approximate surface area is 140 Å². The van der Waals surface area contributed by atoms with Crippen LogP contribution in [0.15, 0.2) is 40.8 Å². The van der Waals surface area contributed by atoms with Crippen LogP contribution in [0.25, 0.3) is 11.3 Å². The van der Waals surface area contributed by atoms with Crippen LogP contribution < -0.4 is 11.1 Å². The lowest BCUT2D eigenvalue weighted by atomic mass is 10.0. The summed E-state index contributed by atoms with van der Waals surface area (Å²) in [4.78, 5) is 12.3. The second kappa shape index (κ2) is 7.62. The average Bonchev–Trinajstić information content (AvgIpc) is 3.16. The summed E-state index contributed by atoms with van der Waals surface area (Å²) in [6.45, 7) is 0.587. The minimum atomic E-state index is -0.303. The quantitative estimate of drug-likeness (QED) is 0.898. The van der Waals surface area contributed by atoms with Gasteiger partial charge in [-0.1, -0.05) is 6.42 Å². The molecule has 124 valence electrons. The molecule has 2 aromatic rings. The molecule has 1 aromatic carbocycles. The molecule has 3 N–H and O–H groups in total. The van der Waals surface area contributed by atoms with Gasteiger partial charge in [0.15, 0.2) is 5.76 Å². The van der Waals surface area contributed by atoms with E-state index in [-0.39, 0.29) is 35.9 Å². The number of rotatable bonds is 4. The SMILES string of the molecule is Cl.NCC1CCCC1NC(=O)c1ccc(-c2ccc(F)cc2)o1. The van der Waals surface area contributed by atoms with Gasteiger partial charge in [0.2, 0.25) is 0 Å². The molecule has 1 heterocycles. The number of hydrogen-bond acceptors (Lipinski definition) is 3. The van der Waals surface area contributed by atoms with Gasteiger partial charge >= 0.3 is 0 Å². The molecule has 1 aliphatic carbocycles. The minimum Gasteiger partial charge on any atom is -0.451 e.